The van der Waals surface area contributed by atoms with Gasteiger partial charge in [0.25, 0.3) is 10.1 Å². The SMILES string of the molecule is CCCCS(=O)(=O)O.NCCCCN. The molecular weight excluding hydrogens is 204 g/mol. The van der Waals surface area contributed by atoms with E-state index in [0.29, 0.717) is 6.42 Å². The van der Waals surface area contributed by atoms with Crippen molar-refractivity contribution in [3.8, 4) is 0 Å². The number of unbranched alkanes of at least 4 members (excludes halogenated alkanes) is 2. The van der Waals surface area contributed by atoms with Gasteiger partial charge in [0.1, 0.15) is 0 Å². The van der Waals surface area contributed by atoms with Crippen LogP contribution >= 0.6 is 0 Å². The molecule has 0 amide bonds. The molecule has 0 aliphatic heterocycles. The first-order chi connectivity index (χ1) is 6.47. The third-order valence-corrected chi connectivity index (χ3v) is 2.22. The van der Waals surface area contributed by atoms with Crippen molar-refractivity contribution in [2.45, 2.75) is 32.6 Å². The van der Waals surface area contributed by atoms with Crippen LogP contribution in [0.25, 0.3) is 0 Å². The molecule has 0 aromatic carbocycles. The predicted octanol–water partition coefficient (Wildman–Crippen LogP) is 0.358. The van der Waals surface area contributed by atoms with Crippen molar-refractivity contribution in [2.24, 2.45) is 11.5 Å². The zero-order chi connectivity index (χ0) is 11.4. The second-order valence-corrected chi connectivity index (χ2v) is 4.50. The molecule has 5 nitrogen and oxygen atoms in total. The molecule has 0 unspecified atom stereocenters. The van der Waals surface area contributed by atoms with Gasteiger partial charge in [0.2, 0.25) is 0 Å². The fraction of sp³-hybridized carbons (Fsp3) is 1.00. The maximum Gasteiger partial charge on any atom is 0.264 e. The second kappa shape index (κ2) is 10.9. The molecule has 0 spiro atoms. The van der Waals surface area contributed by atoms with Crippen LogP contribution in [0.2, 0.25) is 0 Å². The molecular formula is C8H22N2O3S. The first-order valence-electron chi connectivity index (χ1n) is 4.83. The number of nitrogens with two attached hydrogens (primary N) is 2. The van der Waals surface area contributed by atoms with Crippen molar-refractivity contribution in [2.75, 3.05) is 18.8 Å². The van der Waals surface area contributed by atoms with Crippen LogP contribution in [0.3, 0.4) is 0 Å². The standard InChI is InChI=1S/C4H12N2.C4H10O3S/c5-3-1-2-4-6;1-2-3-4-8(5,6)7/h1-6H2;2-4H2,1H3,(H,5,6,7). The van der Waals surface area contributed by atoms with Crippen LogP contribution in [0.1, 0.15) is 32.6 Å². The van der Waals surface area contributed by atoms with E-state index in [0.717, 1.165) is 32.4 Å². The van der Waals surface area contributed by atoms with Gasteiger partial charge >= 0.3 is 0 Å². The number of hydrogen-bond acceptors (Lipinski definition) is 4. The van der Waals surface area contributed by atoms with E-state index in [1.54, 1.807) is 0 Å². The Balaban J connectivity index is 0. The van der Waals surface area contributed by atoms with Crippen LogP contribution in [-0.2, 0) is 10.1 Å². The summed E-state index contributed by atoms with van der Waals surface area (Å²) < 4.78 is 28.0. The maximum atomic E-state index is 9.95. The summed E-state index contributed by atoms with van der Waals surface area (Å²) in [5, 5.41) is 0. The molecule has 0 aliphatic carbocycles. The molecule has 0 aliphatic rings. The van der Waals surface area contributed by atoms with Gasteiger partial charge in [-0.05, 0) is 32.4 Å². The third kappa shape index (κ3) is 22.6. The molecule has 0 saturated carbocycles. The zero-order valence-corrected chi connectivity index (χ0v) is 9.59. The molecule has 6 heteroatoms. The molecule has 14 heavy (non-hydrogen) atoms. The Hall–Kier alpha value is -0.170. The Labute approximate surface area is 86.6 Å². The first kappa shape index (κ1) is 16.3. The maximum absolute atomic E-state index is 9.95. The van der Waals surface area contributed by atoms with Crippen LogP contribution < -0.4 is 11.5 Å². The molecule has 0 atom stereocenters. The summed E-state index contributed by atoms with van der Waals surface area (Å²) in [5.74, 6) is -0.108. The fourth-order valence-corrected chi connectivity index (χ4v) is 1.27. The lowest BCUT2D eigenvalue weighted by molar-refractivity contribution is 0.480. The summed E-state index contributed by atoms with van der Waals surface area (Å²) >= 11 is 0. The predicted molar refractivity (Wildman–Crippen MR) is 58.7 cm³/mol. The van der Waals surface area contributed by atoms with Crippen LogP contribution in [0, 0.1) is 0 Å². The van der Waals surface area contributed by atoms with Gasteiger partial charge < -0.3 is 11.5 Å². The summed E-state index contributed by atoms with van der Waals surface area (Å²) in [5.41, 5.74) is 10.3. The van der Waals surface area contributed by atoms with Gasteiger partial charge in [-0.2, -0.15) is 8.42 Å². The van der Waals surface area contributed by atoms with E-state index in [1.807, 2.05) is 6.92 Å². The van der Waals surface area contributed by atoms with Crippen LogP contribution in [0.5, 0.6) is 0 Å². The van der Waals surface area contributed by atoms with Crippen LogP contribution in [0.4, 0.5) is 0 Å². The molecule has 0 saturated heterocycles. The highest BCUT2D eigenvalue weighted by Gasteiger charge is 2.00. The Morgan fingerprint density at radius 3 is 1.64 bits per heavy atom. The molecule has 0 fully saturated rings. The molecule has 5 N–H and O–H groups in total. The Kier molecular flexibility index (Phi) is 12.7. The highest BCUT2D eigenvalue weighted by atomic mass is 32.2. The summed E-state index contributed by atoms with van der Waals surface area (Å²) in [6, 6.07) is 0. The smallest absolute Gasteiger partial charge is 0.264 e. The van der Waals surface area contributed by atoms with E-state index in [9.17, 15) is 8.42 Å². The van der Waals surface area contributed by atoms with E-state index < -0.39 is 10.1 Å². The van der Waals surface area contributed by atoms with E-state index >= 15 is 0 Å². The van der Waals surface area contributed by atoms with Crippen molar-refractivity contribution in [3.63, 3.8) is 0 Å². The van der Waals surface area contributed by atoms with E-state index in [2.05, 4.69) is 0 Å². The summed E-state index contributed by atoms with van der Waals surface area (Å²) in [6.07, 6.45) is 3.46. The lowest BCUT2D eigenvalue weighted by atomic mass is 10.3. The van der Waals surface area contributed by atoms with Gasteiger partial charge in [-0.1, -0.05) is 13.3 Å². The molecule has 88 valence electrons. The highest BCUT2D eigenvalue weighted by molar-refractivity contribution is 7.85. The molecule has 0 bridgehead atoms. The summed E-state index contributed by atoms with van der Waals surface area (Å²) in [4.78, 5) is 0. The van der Waals surface area contributed by atoms with Gasteiger partial charge in [-0.3, -0.25) is 4.55 Å². The topological polar surface area (TPSA) is 106 Å². The van der Waals surface area contributed by atoms with E-state index in [-0.39, 0.29) is 5.75 Å². The van der Waals surface area contributed by atoms with E-state index in [4.69, 9.17) is 16.0 Å². The van der Waals surface area contributed by atoms with E-state index in [1.165, 1.54) is 0 Å². The Morgan fingerprint density at radius 2 is 1.50 bits per heavy atom. The van der Waals surface area contributed by atoms with Gasteiger partial charge in [0.15, 0.2) is 0 Å². The number of rotatable bonds is 6. The first-order valence-corrected chi connectivity index (χ1v) is 6.44. The van der Waals surface area contributed by atoms with Crippen molar-refractivity contribution in [3.05, 3.63) is 0 Å². The minimum absolute atomic E-state index is 0.108. The van der Waals surface area contributed by atoms with Crippen molar-refractivity contribution >= 4 is 10.1 Å². The lowest BCUT2D eigenvalue weighted by Gasteiger charge is -1.90. The second-order valence-electron chi connectivity index (χ2n) is 2.92. The minimum Gasteiger partial charge on any atom is -0.330 e. The Morgan fingerprint density at radius 1 is 1.07 bits per heavy atom. The summed E-state index contributed by atoms with van der Waals surface area (Å²) in [7, 11) is -3.69. The molecule has 0 aromatic rings. The van der Waals surface area contributed by atoms with Crippen LogP contribution in [-0.4, -0.2) is 31.8 Å². The molecule has 0 rings (SSSR count). The number of hydrogen-bond donors (Lipinski definition) is 3. The zero-order valence-electron chi connectivity index (χ0n) is 8.78. The van der Waals surface area contributed by atoms with Crippen molar-refractivity contribution < 1.29 is 13.0 Å². The molecule has 0 aromatic heterocycles. The fourth-order valence-electron chi connectivity index (χ4n) is 0.615. The van der Waals surface area contributed by atoms with Crippen molar-refractivity contribution in [1.82, 2.24) is 0 Å². The van der Waals surface area contributed by atoms with Crippen LogP contribution in [0.15, 0.2) is 0 Å². The highest BCUT2D eigenvalue weighted by Crippen LogP contribution is 1.90. The van der Waals surface area contributed by atoms with Gasteiger partial charge in [0, 0.05) is 0 Å². The van der Waals surface area contributed by atoms with Gasteiger partial charge in [-0.25, -0.2) is 0 Å². The monoisotopic (exact) mass is 226 g/mol. The van der Waals surface area contributed by atoms with Crippen molar-refractivity contribution in [1.29, 1.82) is 0 Å². The minimum atomic E-state index is -3.69. The Bertz CT molecular complexity index is 189. The van der Waals surface area contributed by atoms with Gasteiger partial charge in [-0.15, -0.1) is 0 Å². The quantitative estimate of drug-likeness (QED) is 0.448. The third-order valence-electron chi connectivity index (χ3n) is 1.41. The average Bonchev–Trinajstić information content (AvgIpc) is 2.11. The average molecular weight is 226 g/mol. The normalized spacial score (nSPS) is 10.6. The largest absolute Gasteiger partial charge is 0.330 e. The molecule has 0 radical (unpaired) electrons. The molecule has 0 heterocycles. The lowest BCUT2D eigenvalue weighted by Crippen LogP contribution is -2.03. The summed E-state index contributed by atoms with van der Waals surface area (Å²) in [6.45, 7) is 3.42. The van der Waals surface area contributed by atoms with Gasteiger partial charge in [0.05, 0.1) is 5.75 Å².